The van der Waals surface area contributed by atoms with E-state index in [9.17, 15) is 4.39 Å². The first-order chi connectivity index (χ1) is 10.2. The summed E-state index contributed by atoms with van der Waals surface area (Å²) in [7, 11) is 0. The molecule has 1 aliphatic heterocycles. The standard InChI is InChI=1S/C15H15ClFN3O/c16-11-7-13(17)15(19-8-11)20-12-3-1-10(2-4-12)14-9-18-5-6-21-14/h1-4,7-8,14,18H,5-6,9H2,(H,19,20)/t14-/m1/s1. The molecule has 21 heavy (non-hydrogen) atoms. The monoisotopic (exact) mass is 307 g/mol. The minimum absolute atomic E-state index is 0.0678. The van der Waals surface area contributed by atoms with Gasteiger partial charge in [-0.2, -0.15) is 0 Å². The SMILES string of the molecule is Fc1cc(Cl)cnc1Nc1ccc([C@H]2CNCCO2)cc1. The van der Waals surface area contributed by atoms with Crippen molar-refractivity contribution in [3.05, 3.63) is 52.9 Å². The number of morpholine rings is 1. The molecule has 1 saturated heterocycles. The van der Waals surface area contributed by atoms with Crippen LogP contribution in [0.2, 0.25) is 5.02 Å². The highest BCUT2D eigenvalue weighted by atomic mass is 35.5. The minimum Gasteiger partial charge on any atom is -0.371 e. The molecule has 0 amide bonds. The van der Waals surface area contributed by atoms with Gasteiger partial charge < -0.3 is 15.4 Å². The summed E-state index contributed by atoms with van der Waals surface area (Å²) in [6, 6.07) is 8.92. The van der Waals surface area contributed by atoms with E-state index in [1.807, 2.05) is 24.3 Å². The number of aromatic nitrogens is 1. The third-order valence-corrected chi connectivity index (χ3v) is 3.49. The van der Waals surface area contributed by atoms with Crippen LogP contribution in [0, 0.1) is 5.82 Å². The fourth-order valence-electron chi connectivity index (χ4n) is 2.20. The number of halogens is 2. The molecule has 3 rings (SSSR count). The highest BCUT2D eigenvalue weighted by molar-refractivity contribution is 6.30. The van der Waals surface area contributed by atoms with Gasteiger partial charge in [0.1, 0.15) is 0 Å². The number of nitrogens with zero attached hydrogens (tertiary/aromatic N) is 1. The Hall–Kier alpha value is -1.69. The van der Waals surface area contributed by atoms with Crippen LogP contribution in [0.3, 0.4) is 0 Å². The van der Waals surface area contributed by atoms with Crippen LogP contribution in [0.25, 0.3) is 0 Å². The van der Waals surface area contributed by atoms with Crippen LogP contribution in [0.4, 0.5) is 15.9 Å². The molecule has 1 atom stereocenters. The molecule has 110 valence electrons. The molecule has 0 saturated carbocycles. The molecule has 1 aromatic heterocycles. The van der Waals surface area contributed by atoms with Gasteiger partial charge >= 0.3 is 0 Å². The second-order valence-electron chi connectivity index (χ2n) is 4.79. The van der Waals surface area contributed by atoms with E-state index in [4.69, 9.17) is 16.3 Å². The Labute approximate surface area is 127 Å². The van der Waals surface area contributed by atoms with Gasteiger partial charge in [-0.05, 0) is 23.8 Å². The number of benzene rings is 1. The van der Waals surface area contributed by atoms with Crippen molar-refractivity contribution in [2.75, 3.05) is 25.0 Å². The first-order valence-electron chi connectivity index (χ1n) is 6.73. The van der Waals surface area contributed by atoms with Gasteiger partial charge in [-0.1, -0.05) is 23.7 Å². The van der Waals surface area contributed by atoms with E-state index in [-0.39, 0.29) is 16.9 Å². The Morgan fingerprint density at radius 1 is 1.33 bits per heavy atom. The lowest BCUT2D eigenvalue weighted by atomic mass is 10.1. The fourth-order valence-corrected chi connectivity index (χ4v) is 2.35. The predicted molar refractivity (Wildman–Crippen MR) is 80.5 cm³/mol. The van der Waals surface area contributed by atoms with Crippen molar-refractivity contribution in [2.45, 2.75) is 6.10 Å². The lowest BCUT2D eigenvalue weighted by Gasteiger charge is -2.24. The summed E-state index contributed by atoms with van der Waals surface area (Å²) in [4.78, 5) is 3.93. The number of hydrogen-bond acceptors (Lipinski definition) is 4. The van der Waals surface area contributed by atoms with Crippen LogP contribution in [-0.2, 0) is 4.74 Å². The maximum absolute atomic E-state index is 13.7. The van der Waals surface area contributed by atoms with Crippen molar-refractivity contribution in [2.24, 2.45) is 0 Å². The second kappa shape index (κ2) is 6.39. The maximum atomic E-state index is 13.7. The van der Waals surface area contributed by atoms with Crippen molar-refractivity contribution in [3.8, 4) is 0 Å². The lowest BCUT2D eigenvalue weighted by Crippen LogP contribution is -2.33. The number of anilines is 2. The Bertz CT molecular complexity index is 615. The molecule has 0 spiro atoms. The van der Waals surface area contributed by atoms with Gasteiger partial charge in [-0.3, -0.25) is 0 Å². The summed E-state index contributed by atoms with van der Waals surface area (Å²) in [5, 5.41) is 6.49. The highest BCUT2D eigenvalue weighted by Gasteiger charge is 2.15. The highest BCUT2D eigenvalue weighted by Crippen LogP contribution is 2.23. The number of ether oxygens (including phenoxy) is 1. The van der Waals surface area contributed by atoms with E-state index < -0.39 is 5.82 Å². The molecule has 0 aliphatic carbocycles. The number of hydrogen-bond donors (Lipinski definition) is 2. The molecular formula is C15H15ClFN3O. The summed E-state index contributed by atoms with van der Waals surface area (Å²) in [5.41, 5.74) is 1.86. The molecule has 2 aromatic rings. The van der Waals surface area contributed by atoms with Crippen LogP contribution >= 0.6 is 11.6 Å². The van der Waals surface area contributed by atoms with Gasteiger partial charge in [0, 0.05) is 25.0 Å². The molecule has 0 radical (unpaired) electrons. The van der Waals surface area contributed by atoms with Crippen molar-refractivity contribution >= 4 is 23.1 Å². The van der Waals surface area contributed by atoms with Crippen LogP contribution in [0.15, 0.2) is 36.5 Å². The summed E-state index contributed by atoms with van der Waals surface area (Å²) < 4.78 is 19.4. The molecule has 1 fully saturated rings. The second-order valence-corrected chi connectivity index (χ2v) is 5.23. The summed E-state index contributed by atoms with van der Waals surface area (Å²) in [6.07, 6.45) is 1.47. The Morgan fingerprint density at radius 3 is 2.81 bits per heavy atom. The number of rotatable bonds is 3. The number of nitrogens with one attached hydrogen (secondary N) is 2. The molecule has 0 bridgehead atoms. The predicted octanol–water partition coefficient (Wildman–Crippen LogP) is 3.28. The average Bonchev–Trinajstić information content (AvgIpc) is 2.52. The quantitative estimate of drug-likeness (QED) is 0.913. The van der Waals surface area contributed by atoms with E-state index in [0.29, 0.717) is 6.61 Å². The minimum atomic E-state index is -0.480. The molecule has 2 N–H and O–H groups in total. The van der Waals surface area contributed by atoms with Gasteiger partial charge in [-0.25, -0.2) is 9.37 Å². The number of pyridine rings is 1. The molecule has 2 heterocycles. The molecule has 1 aromatic carbocycles. The van der Waals surface area contributed by atoms with Crippen LogP contribution < -0.4 is 10.6 Å². The van der Waals surface area contributed by atoms with E-state index in [0.717, 1.165) is 24.3 Å². The van der Waals surface area contributed by atoms with Crippen molar-refractivity contribution < 1.29 is 9.13 Å². The fraction of sp³-hybridized carbons (Fsp3) is 0.267. The van der Waals surface area contributed by atoms with E-state index in [1.165, 1.54) is 12.3 Å². The molecule has 4 nitrogen and oxygen atoms in total. The van der Waals surface area contributed by atoms with Crippen LogP contribution in [-0.4, -0.2) is 24.7 Å². The molecule has 6 heteroatoms. The van der Waals surface area contributed by atoms with Crippen LogP contribution in [0.5, 0.6) is 0 Å². The van der Waals surface area contributed by atoms with Crippen molar-refractivity contribution in [1.29, 1.82) is 0 Å². The summed E-state index contributed by atoms with van der Waals surface area (Å²) in [5.74, 6) is -0.325. The zero-order valence-electron chi connectivity index (χ0n) is 11.3. The van der Waals surface area contributed by atoms with Gasteiger partial charge in [0.2, 0.25) is 0 Å². The largest absolute Gasteiger partial charge is 0.371 e. The van der Waals surface area contributed by atoms with Gasteiger partial charge in [-0.15, -0.1) is 0 Å². The van der Waals surface area contributed by atoms with Crippen LogP contribution in [0.1, 0.15) is 11.7 Å². The Kier molecular flexibility index (Phi) is 4.34. The molecular weight excluding hydrogens is 293 g/mol. The van der Waals surface area contributed by atoms with E-state index in [2.05, 4.69) is 15.6 Å². The van der Waals surface area contributed by atoms with Crippen molar-refractivity contribution in [3.63, 3.8) is 0 Å². The lowest BCUT2D eigenvalue weighted by molar-refractivity contribution is 0.0277. The maximum Gasteiger partial charge on any atom is 0.167 e. The Balaban J connectivity index is 1.71. The third-order valence-electron chi connectivity index (χ3n) is 3.28. The molecule has 1 aliphatic rings. The third kappa shape index (κ3) is 3.50. The Morgan fingerprint density at radius 2 is 2.14 bits per heavy atom. The molecule has 0 unspecified atom stereocenters. The zero-order chi connectivity index (χ0) is 14.7. The van der Waals surface area contributed by atoms with E-state index >= 15 is 0 Å². The first-order valence-corrected chi connectivity index (χ1v) is 7.10. The van der Waals surface area contributed by atoms with Gasteiger partial charge in [0.25, 0.3) is 0 Å². The van der Waals surface area contributed by atoms with Gasteiger partial charge in [0.05, 0.1) is 17.7 Å². The summed E-state index contributed by atoms with van der Waals surface area (Å²) in [6.45, 7) is 2.41. The first kappa shape index (κ1) is 14.3. The zero-order valence-corrected chi connectivity index (χ0v) is 12.0. The normalized spacial score (nSPS) is 18.5. The summed E-state index contributed by atoms with van der Waals surface area (Å²) >= 11 is 5.68. The topological polar surface area (TPSA) is 46.2 Å². The smallest absolute Gasteiger partial charge is 0.167 e. The van der Waals surface area contributed by atoms with Gasteiger partial charge in [0.15, 0.2) is 11.6 Å². The van der Waals surface area contributed by atoms with Crippen molar-refractivity contribution in [1.82, 2.24) is 10.3 Å². The van der Waals surface area contributed by atoms with E-state index in [1.54, 1.807) is 0 Å². The average molecular weight is 308 g/mol.